The van der Waals surface area contributed by atoms with Crippen LogP contribution in [0.25, 0.3) is 0 Å². The summed E-state index contributed by atoms with van der Waals surface area (Å²) >= 11 is 0. The molecule has 1 aromatic carbocycles. The number of hydrogen-bond donors (Lipinski definition) is 0. The minimum absolute atomic E-state index is 0.244. The summed E-state index contributed by atoms with van der Waals surface area (Å²) in [6, 6.07) is 10.3. The van der Waals surface area contributed by atoms with Gasteiger partial charge in [0.05, 0.1) is 5.41 Å². The van der Waals surface area contributed by atoms with E-state index in [4.69, 9.17) is 0 Å². The first kappa shape index (κ1) is 14.1. The largest absolute Gasteiger partial charge is 0.338 e. The van der Waals surface area contributed by atoms with Crippen molar-refractivity contribution in [3.8, 4) is 0 Å². The molecule has 2 aromatic rings. The maximum atomic E-state index is 12.9. The van der Waals surface area contributed by atoms with Crippen molar-refractivity contribution in [3.63, 3.8) is 0 Å². The van der Waals surface area contributed by atoms with E-state index in [2.05, 4.69) is 17.1 Å². The molecule has 110 valence electrons. The van der Waals surface area contributed by atoms with Crippen molar-refractivity contribution in [2.24, 2.45) is 7.05 Å². The third-order valence-electron chi connectivity index (χ3n) is 4.81. The van der Waals surface area contributed by atoms with E-state index in [-0.39, 0.29) is 5.41 Å². The van der Waals surface area contributed by atoms with E-state index >= 15 is 0 Å². The lowest BCUT2D eigenvalue weighted by molar-refractivity contribution is -0.124. The molecule has 0 bridgehead atoms. The lowest BCUT2D eigenvalue weighted by Crippen LogP contribution is -2.33. The molecule has 3 rings (SSSR count). The summed E-state index contributed by atoms with van der Waals surface area (Å²) in [6.07, 6.45) is 9.35. The van der Waals surface area contributed by atoms with Crippen LogP contribution in [0.3, 0.4) is 0 Å². The van der Waals surface area contributed by atoms with Crippen LogP contribution in [0, 0.1) is 0 Å². The van der Waals surface area contributed by atoms with Gasteiger partial charge in [-0.3, -0.25) is 4.79 Å². The Kier molecular flexibility index (Phi) is 3.91. The highest BCUT2D eigenvalue weighted by Gasteiger charge is 2.41. The zero-order valence-electron chi connectivity index (χ0n) is 12.6. The molecule has 0 spiro atoms. The van der Waals surface area contributed by atoms with Gasteiger partial charge in [-0.1, -0.05) is 43.2 Å². The van der Waals surface area contributed by atoms with Crippen LogP contribution in [0.1, 0.15) is 43.5 Å². The van der Waals surface area contributed by atoms with E-state index in [1.807, 2.05) is 36.0 Å². The molecule has 1 aromatic heterocycles. The summed E-state index contributed by atoms with van der Waals surface area (Å²) in [7, 11) is 1.98. The molecule has 1 fully saturated rings. The Bertz CT molecular complexity index is 609. The third kappa shape index (κ3) is 2.65. The Morgan fingerprint density at radius 3 is 2.57 bits per heavy atom. The Hall–Kier alpha value is -1.90. The number of nitrogens with zero attached hydrogens (tertiary/aromatic N) is 2. The van der Waals surface area contributed by atoms with E-state index in [1.54, 1.807) is 6.20 Å². The average Bonchev–Trinajstić information content (AvgIpc) is 3.16. The number of benzene rings is 1. The second-order valence-corrected chi connectivity index (χ2v) is 6.03. The number of imidazole rings is 1. The first-order chi connectivity index (χ1) is 10.2. The van der Waals surface area contributed by atoms with Crippen LogP contribution in [-0.4, -0.2) is 15.3 Å². The SMILES string of the molecule is Cn1ccnc1CCC(=O)C1(c2ccccc2)CCCC1. The Morgan fingerprint density at radius 2 is 1.95 bits per heavy atom. The number of carbonyl (C=O) groups excluding carboxylic acids is 1. The number of carbonyl (C=O) groups is 1. The van der Waals surface area contributed by atoms with Crippen LogP contribution in [0.15, 0.2) is 42.7 Å². The molecule has 3 heteroatoms. The molecule has 0 N–H and O–H groups in total. The van der Waals surface area contributed by atoms with Gasteiger partial charge in [-0.15, -0.1) is 0 Å². The average molecular weight is 282 g/mol. The number of ketones is 1. The van der Waals surface area contributed by atoms with Gasteiger partial charge in [-0.05, 0) is 18.4 Å². The standard InChI is InChI=1S/C18H22N2O/c1-20-14-13-19-17(20)10-9-16(21)18(11-5-6-12-18)15-7-3-2-4-8-15/h2-4,7-8,13-14H,5-6,9-12H2,1H3. The zero-order chi connectivity index (χ0) is 14.7. The molecule has 1 heterocycles. The van der Waals surface area contributed by atoms with Gasteiger partial charge in [0.1, 0.15) is 11.6 Å². The summed E-state index contributed by atoms with van der Waals surface area (Å²) < 4.78 is 2.00. The minimum atomic E-state index is -0.244. The van der Waals surface area contributed by atoms with Crippen molar-refractivity contribution in [2.45, 2.75) is 43.9 Å². The Labute approximate surface area is 126 Å². The van der Waals surface area contributed by atoms with Crippen molar-refractivity contribution in [1.82, 2.24) is 9.55 Å². The molecular weight excluding hydrogens is 260 g/mol. The highest BCUT2D eigenvalue weighted by atomic mass is 16.1. The Morgan fingerprint density at radius 1 is 1.24 bits per heavy atom. The maximum absolute atomic E-state index is 12.9. The summed E-state index contributed by atoms with van der Waals surface area (Å²) in [5, 5.41) is 0. The van der Waals surface area contributed by atoms with E-state index < -0.39 is 0 Å². The second-order valence-electron chi connectivity index (χ2n) is 6.03. The normalized spacial score (nSPS) is 17.0. The predicted octanol–water partition coefficient (Wildman–Crippen LogP) is 3.43. The highest BCUT2D eigenvalue weighted by molar-refractivity contribution is 5.90. The first-order valence-corrected chi connectivity index (χ1v) is 7.77. The van der Waals surface area contributed by atoms with Gasteiger partial charge < -0.3 is 4.57 Å². The van der Waals surface area contributed by atoms with Gasteiger partial charge in [-0.25, -0.2) is 4.98 Å². The second kappa shape index (κ2) is 5.84. The first-order valence-electron chi connectivity index (χ1n) is 7.77. The number of hydrogen-bond acceptors (Lipinski definition) is 2. The van der Waals surface area contributed by atoms with Crippen LogP contribution < -0.4 is 0 Å². The molecule has 0 amide bonds. The maximum Gasteiger partial charge on any atom is 0.143 e. The van der Waals surface area contributed by atoms with E-state index in [0.717, 1.165) is 37.9 Å². The Balaban J connectivity index is 1.78. The van der Waals surface area contributed by atoms with Crippen LogP contribution in [-0.2, 0) is 23.7 Å². The number of aryl methyl sites for hydroxylation is 2. The van der Waals surface area contributed by atoms with E-state index in [9.17, 15) is 4.79 Å². The fourth-order valence-corrected chi connectivity index (χ4v) is 3.57. The van der Waals surface area contributed by atoms with Crippen LogP contribution in [0.5, 0.6) is 0 Å². The molecule has 0 unspecified atom stereocenters. The van der Waals surface area contributed by atoms with Gasteiger partial charge in [0.15, 0.2) is 0 Å². The van der Waals surface area contributed by atoms with Gasteiger partial charge >= 0.3 is 0 Å². The summed E-state index contributed by atoms with van der Waals surface area (Å²) in [6.45, 7) is 0. The van der Waals surface area contributed by atoms with Crippen molar-refractivity contribution in [2.75, 3.05) is 0 Å². The zero-order valence-corrected chi connectivity index (χ0v) is 12.6. The molecule has 1 aliphatic carbocycles. The summed E-state index contributed by atoms with van der Waals surface area (Å²) in [5.74, 6) is 1.37. The van der Waals surface area contributed by atoms with Crippen molar-refractivity contribution in [3.05, 3.63) is 54.1 Å². The third-order valence-corrected chi connectivity index (χ3v) is 4.81. The molecule has 0 atom stereocenters. The summed E-state index contributed by atoms with van der Waals surface area (Å²) in [5.41, 5.74) is 0.958. The van der Waals surface area contributed by atoms with Crippen molar-refractivity contribution in [1.29, 1.82) is 0 Å². The number of rotatable bonds is 5. The van der Waals surface area contributed by atoms with Gasteiger partial charge in [0, 0.05) is 32.3 Å². The lowest BCUT2D eigenvalue weighted by Gasteiger charge is -2.28. The van der Waals surface area contributed by atoms with Gasteiger partial charge in [-0.2, -0.15) is 0 Å². The number of aromatic nitrogens is 2. The lowest BCUT2D eigenvalue weighted by atomic mass is 9.74. The van der Waals surface area contributed by atoms with Crippen molar-refractivity contribution < 1.29 is 4.79 Å². The highest BCUT2D eigenvalue weighted by Crippen LogP contribution is 2.42. The van der Waals surface area contributed by atoms with Crippen LogP contribution in [0.2, 0.25) is 0 Å². The topological polar surface area (TPSA) is 34.9 Å². The molecule has 0 radical (unpaired) electrons. The molecule has 3 nitrogen and oxygen atoms in total. The molecule has 21 heavy (non-hydrogen) atoms. The van der Waals surface area contributed by atoms with Crippen LogP contribution >= 0.6 is 0 Å². The molecule has 1 saturated carbocycles. The molecular formula is C18H22N2O. The molecule has 0 saturated heterocycles. The van der Waals surface area contributed by atoms with Gasteiger partial charge in [0.2, 0.25) is 0 Å². The van der Waals surface area contributed by atoms with Crippen LogP contribution in [0.4, 0.5) is 0 Å². The number of Topliss-reactive ketones (excluding diaryl/α,β-unsaturated/α-hetero) is 1. The quantitative estimate of drug-likeness (QED) is 0.842. The van der Waals surface area contributed by atoms with E-state index in [0.29, 0.717) is 12.2 Å². The summed E-state index contributed by atoms with van der Waals surface area (Å²) in [4.78, 5) is 17.3. The van der Waals surface area contributed by atoms with E-state index in [1.165, 1.54) is 5.56 Å². The molecule has 0 aliphatic heterocycles. The predicted molar refractivity (Wildman–Crippen MR) is 83.1 cm³/mol. The fraction of sp³-hybridized carbons (Fsp3) is 0.444. The monoisotopic (exact) mass is 282 g/mol. The van der Waals surface area contributed by atoms with Gasteiger partial charge in [0.25, 0.3) is 0 Å². The fourth-order valence-electron chi connectivity index (χ4n) is 3.57. The minimum Gasteiger partial charge on any atom is -0.338 e. The smallest absolute Gasteiger partial charge is 0.143 e. The van der Waals surface area contributed by atoms with Crippen molar-refractivity contribution >= 4 is 5.78 Å². The molecule has 1 aliphatic rings.